The zero-order valence-corrected chi connectivity index (χ0v) is 24.8. The van der Waals surface area contributed by atoms with Crippen LogP contribution in [0.25, 0.3) is 0 Å². The second kappa shape index (κ2) is 15.5. The summed E-state index contributed by atoms with van der Waals surface area (Å²) >= 11 is 0. The first-order valence-electron chi connectivity index (χ1n) is 13.4. The third kappa shape index (κ3) is 8.97. The molecule has 3 rings (SSSR count). The van der Waals surface area contributed by atoms with Crippen LogP contribution in [0.15, 0.2) is 65.6 Å². The van der Waals surface area contributed by atoms with E-state index in [0.29, 0.717) is 30.5 Å². The van der Waals surface area contributed by atoms with Crippen molar-refractivity contribution in [3.8, 4) is 0 Å². The van der Waals surface area contributed by atoms with E-state index in [1.807, 2.05) is 49.9 Å². The predicted molar refractivity (Wildman–Crippen MR) is 155 cm³/mol. The van der Waals surface area contributed by atoms with Crippen LogP contribution in [-0.4, -0.2) is 81.0 Å². The van der Waals surface area contributed by atoms with Crippen LogP contribution in [0.4, 0.5) is 4.79 Å². The van der Waals surface area contributed by atoms with Crippen molar-refractivity contribution in [2.45, 2.75) is 56.9 Å². The first kappa shape index (κ1) is 32.1. The molecule has 2 aromatic carbocycles. The van der Waals surface area contributed by atoms with Crippen molar-refractivity contribution in [3.05, 3.63) is 66.2 Å². The Morgan fingerprint density at radius 2 is 1.61 bits per heavy atom. The number of sulfonamides is 1. The molecule has 1 fully saturated rings. The number of likely N-dealkylation sites (N-methyl/N-ethyl adjacent to an activating group) is 1. The molecule has 0 aliphatic carbocycles. The highest BCUT2D eigenvalue weighted by molar-refractivity contribution is 7.89. The van der Waals surface area contributed by atoms with E-state index in [4.69, 9.17) is 4.74 Å². The molecule has 1 saturated heterocycles. The number of hydrogen-bond donors (Lipinski definition) is 0. The minimum Gasteiger partial charge on any atom is -0.449 e. The Morgan fingerprint density at radius 1 is 1.03 bits per heavy atom. The van der Waals surface area contributed by atoms with Gasteiger partial charge in [0.1, 0.15) is 0 Å². The molecule has 0 N–H and O–H groups in total. The molecule has 7 nitrogen and oxygen atoms in total. The van der Waals surface area contributed by atoms with Gasteiger partial charge in [-0.05, 0) is 62.3 Å². The second-order valence-corrected chi connectivity index (χ2v) is 12.4. The summed E-state index contributed by atoms with van der Waals surface area (Å²) in [7, 11) is -1.88. The van der Waals surface area contributed by atoms with Crippen molar-refractivity contribution in [1.82, 2.24) is 14.1 Å². The quantitative estimate of drug-likeness (QED) is 0.341. The standard InChI is InChI=1S/C29H43N3O4S.ClH/c1-5-32(29(33)36-23-24(2)3)27-17-20-31(21-18-27)19-16-26(25-12-8-6-9-13-25)22-30(4)37(34,35)28-14-10-7-11-15-28;/h6-15,24,26-27H,5,16-23H2,1-4H3;1H. The molecular formula is C29H44ClN3O4S. The average Bonchev–Trinajstić information content (AvgIpc) is 2.91. The molecule has 0 saturated carbocycles. The number of piperidine rings is 1. The Hall–Kier alpha value is -2.13. The monoisotopic (exact) mass is 565 g/mol. The van der Waals surface area contributed by atoms with E-state index in [9.17, 15) is 13.2 Å². The van der Waals surface area contributed by atoms with Crippen LogP contribution in [0, 0.1) is 5.92 Å². The summed E-state index contributed by atoms with van der Waals surface area (Å²) in [5.74, 6) is 0.407. The third-order valence-corrected chi connectivity index (χ3v) is 8.94. The largest absolute Gasteiger partial charge is 0.449 e. The van der Waals surface area contributed by atoms with Gasteiger partial charge in [0, 0.05) is 39.3 Å². The van der Waals surface area contributed by atoms with E-state index < -0.39 is 10.0 Å². The zero-order chi connectivity index (χ0) is 26.8. The number of carbonyl (C=O) groups is 1. The number of likely N-dealkylation sites (tertiary alicyclic amines) is 1. The fraction of sp³-hybridized carbons (Fsp3) is 0.552. The molecule has 1 aliphatic heterocycles. The van der Waals surface area contributed by atoms with E-state index in [0.717, 1.165) is 44.5 Å². The molecule has 9 heteroatoms. The van der Waals surface area contributed by atoms with Crippen molar-refractivity contribution in [2.75, 3.05) is 46.4 Å². The molecule has 212 valence electrons. The number of rotatable bonds is 12. The van der Waals surface area contributed by atoms with Gasteiger partial charge in [-0.3, -0.25) is 0 Å². The highest BCUT2D eigenvalue weighted by Gasteiger charge is 2.29. The number of ether oxygens (including phenoxy) is 1. The highest BCUT2D eigenvalue weighted by Crippen LogP contribution is 2.26. The molecule has 1 atom stereocenters. The fourth-order valence-electron chi connectivity index (χ4n) is 4.92. The van der Waals surface area contributed by atoms with Crippen LogP contribution in [0.2, 0.25) is 0 Å². The second-order valence-electron chi connectivity index (χ2n) is 10.3. The molecule has 2 aromatic rings. The first-order valence-corrected chi connectivity index (χ1v) is 14.9. The van der Waals surface area contributed by atoms with Gasteiger partial charge in [0.2, 0.25) is 10.0 Å². The fourth-order valence-corrected chi connectivity index (χ4v) is 6.16. The van der Waals surface area contributed by atoms with Gasteiger partial charge in [0.05, 0.1) is 11.5 Å². The SMILES string of the molecule is CCN(C(=O)OCC(C)C)C1CCN(CCC(CN(C)S(=O)(=O)c2ccccc2)c2ccccc2)CC1.Cl. The molecule has 1 amide bonds. The number of carbonyl (C=O) groups excluding carboxylic acids is 1. The van der Waals surface area contributed by atoms with E-state index in [2.05, 4.69) is 17.0 Å². The molecule has 1 heterocycles. The van der Waals surface area contributed by atoms with Crippen molar-refractivity contribution in [2.24, 2.45) is 5.92 Å². The average molecular weight is 566 g/mol. The lowest BCUT2D eigenvalue weighted by atomic mass is 9.94. The van der Waals surface area contributed by atoms with Crippen molar-refractivity contribution < 1.29 is 17.9 Å². The van der Waals surface area contributed by atoms with E-state index in [1.54, 1.807) is 31.3 Å². The minimum atomic E-state index is -3.55. The Kier molecular flexibility index (Phi) is 13.1. The summed E-state index contributed by atoms with van der Waals surface area (Å²) in [6.07, 6.45) is 2.49. The van der Waals surface area contributed by atoms with Gasteiger partial charge in [0.15, 0.2) is 0 Å². The van der Waals surface area contributed by atoms with Crippen molar-refractivity contribution in [1.29, 1.82) is 0 Å². The molecule has 0 spiro atoms. The predicted octanol–water partition coefficient (Wildman–Crippen LogP) is 5.48. The zero-order valence-electron chi connectivity index (χ0n) is 23.2. The van der Waals surface area contributed by atoms with E-state index in [-0.39, 0.29) is 30.5 Å². The number of benzene rings is 2. The Morgan fingerprint density at radius 3 is 2.16 bits per heavy atom. The molecule has 0 aromatic heterocycles. The Labute approximate surface area is 235 Å². The van der Waals surface area contributed by atoms with Crippen LogP contribution in [-0.2, 0) is 14.8 Å². The summed E-state index contributed by atoms with van der Waals surface area (Å²) in [5.41, 5.74) is 1.15. The van der Waals surface area contributed by atoms with Gasteiger partial charge in [0.25, 0.3) is 0 Å². The molecular weight excluding hydrogens is 522 g/mol. The van der Waals surface area contributed by atoms with E-state index in [1.165, 1.54) is 4.31 Å². The minimum absolute atomic E-state index is 0. The number of halogens is 1. The molecule has 0 bridgehead atoms. The molecule has 38 heavy (non-hydrogen) atoms. The molecule has 1 unspecified atom stereocenters. The summed E-state index contributed by atoms with van der Waals surface area (Å²) in [4.78, 5) is 17.2. The smallest absolute Gasteiger partial charge is 0.410 e. The highest BCUT2D eigenvalue weighted by atomic mass is 35.5. The number of hydrogen-bond acceptors (Lipinski definition) is 5. The lowest BCUT2D eigenvalue weighted by Gasteiger charge is -2.38. The summed E-state index contributed by atoms with van der Waals surface area (Å²) < 4.78 is 33.3. The van der Waals surface area contributed by atoms with Crippen LogP contribution >= 0.6 is 12.4 Å². The Bertz CT molecular complexity index is 1060. The van der Waals surface area contributed by atoms with Crippen LogP contribution in [0.5, 0.6) is 0 Å². The summed E-state index contributed by atoms with van der Waals surface area (Å²) in [5, 5.41) is 0. The van der Waals surface area contributed by atoms with E-state index >= 15 is 0 Å². The first-order chi connectivity index (χ1) is 17.7. The molecule has 1 aliphatic rings. The summed E-state index contributed by atoms with van der Waals surface area (Å²) in [6.45, 7) is 10.3. The van der Waals surface area contributed by atoms with Gasteiger partial charge in [-0.1, -0.05) is 62.4 Å². The summed E-state index contributed by atoms with van der Waals surface area (Å²) in [6, 6.07) is 19.0. The Balaban J connectivity index is 0.00000507. The van der Waals surface area contributed by atoms with Gasteiger partial charge in [-0.25, -0.2) is 17.5 Å². The van der Waals surface area contributed by atoms with Gasteiger partial charge < -0.3 is 14.5 Å². The normalized spacial score (nSPS) is 15.7. The van der Waals surface area contributed by atoms with Crippen LogP contribution in [0.1, 0.15) is 51.5 Å². The van der Waals surface area contributed by atoms with Crippen LogP contribution in [0.3, 0.4) is 0 Å². The topological polar surface area (TPSA) is 70.2 Å². The maximum atomic E-state index is 13.1. The van der Waals surface area contributed by atoms with Gasteiger partial charge in [-0.2, -0.15) is 0 Å². The third-order valence-electron chi connectivity index (χ3n) is 7.11. The van der Waals surface area contributed by atoms with Gasteiger partial charge in [-0.15, -0.1) is 12.4 Å². The van der Waals surface area contributed by atoms with Crippen molar-refractivity contribution >= 4 is 28.5 Å². The van der Waals surface area contributed by atoms with Crippen LogP contribution < -0.4 is 0 Å². The maximum absolute atomic E-state index is 13.1. The number of amides is 1. The maximum Gasteiger partial charge on any atom is 0.410 e. The lowest BCUT2D eigenvalue weighted by Crippen LogP contribution is -2.48. The van der Waals surface area contributed by atoms with Crippen molar-refractivity contribution in [3.63, 3.8) is 0 Å². The lowest BCUT2D eigenvalue weighted by molar-refractivity contribution is 0.0605. The van der Waals surface area contributed by atoms with Gasteiger partial charge >= 0.3 is 6.09 Å². The molecule has 0 radical (unpaired) electrons. The number of nitrogens with zero attached hydrogens (tertiary/aromatic N) is 3.